The smallest absolute Gasteiger partial charge is 0.133 e. The predicted molar refractivity (Wildman–Crippen MR) is 74.3 cm³/mol. The van der Waals surface area contributed by atoms with Crippen LogP contribution in [0.3, 0.4) is 0 Å². The van der Waals surface area contributed by atoms with Gasteiger partial charge >= 0.3 is 0 Å². The normalized spacial score (nSPS) is 18.3. The van der Waals surface area contributed by atoms with Crippen molar-refractivity contribution in [3.05, 3.63) is 12.5 Å². The summed E-state index contributed by atoms with van der Waals surface area (Å²) < 4.78 is 5.42. The molecule has 0 fully saturated rings. The number of unbranched alkanes of at least 4 members (excludes halogenated alkanes) is 8. The van der Waals surface area contributed by atoms with Gasteiger partial charge in [-0.05, 0) is 12.8 Å². The molecule has 0 spiro atoms. The largest absolute Gasteiger partial charge is 0.491 e. The van der Waals surface area contributed by atoms with Crippen molar-refractivity contribution < 1.29 is 4.74 Å². The molecule has 0 aliphatic carbocycles. The van der Waals surface area contributed by atoms with Gasteiger partial charge in [0.25, 0.3) is 0 Å². The number of ether oxygens (including phenoxy) is 1. The molecule has 0 saturated heterocycles. The molecule has 1 atom stereocenters. The maximum absolute atomic E-state index is 5.42. The monoisotopic (exact) mass is 237 g/mol. The zero-order chi connectivity index (χ0) is 12.2. The van der Waals surface area contributed by atoms with Gasteiger partial charge in [-0.2, -0.15) is 0 Å². The summed E-state index contributed by atoms with van der Waals surface area (Å²) in [5.41, 5.74) is 0. The minimum atomic E-state index is 0.226. The van der Waals surface area contributed by atoms with Gasteiger partial charge in [-0.3, -0.25) is 4.99 Å². The number of hydrogen-bond acceptors (Lipinski definition) is 2. The molecular formula is C15H27NO. The summed E-state index contributed by atoms with van der Waals surface area (Å²) in [6.07, 6.45) is 19.1. The Balaban J connectivity index is 1.78. The van der Waals surface area contributed by atoms with Crippen molar-refractivity contribution >= 4 is 6.21 Å². The van der Waals surface area contributed by atoms with Crippen molar-refractivity contribution in [2.45, 2.75) is 77.2 Å². The van der Waals surface area contributed by atoms with E-state index >= 15 is 0 Å². The van der Waals surface area contributed by atoms with E-state index in [-0.39, 0.29) is 6.10 Å². The molecule has 17 heavy (non-hydrogen) atoms. The summed E-state index contributed by atoms with van der Waals surface area (Å²) in [4.78, 5) is 4.08. The highest BCUT2D eigenvalue weighted by Gasteiger charge is 2.05. The van der Waals surface area contributed by atoms with Gasteiger partial charge in [-0.15, -0.1) is 0 Å². The van der Waals surface area contributed by atoms with Crippen LogP contribution in [-0.2, 0) is 4.74 Å². The lowest BCUT2D eigenvalue weighted by atomic mass is 10.1. The van der Waals surface area contributed by atoms with E-state index in [1.54, 1.807) is 12.5 Å². The molecule has 0 aromatic heterocycles. The van der Waals surface area contributed by atoms with Gasteiger partial charge in [0.2, 0.25) is 0 Å². The van der Waals surface area contributed by atoms with Crippen LogP contribution in [0.2, 0.25) is 0 Å². The highest BCUT2D eigenvalue weighted by Crippen LogP contribution is 2.12. The van der Waals surface area contributed by atoms with Gasteiger partial charge in [0.15, 0.2) is 0 Å². The maximum atomic E-state index is 5.42. The average molecular weight is 237 g/mol. The highest BCUT2D eigenvalue weighted by molar-refractivity contribution is 5.64. The van der Waals surface area contributed by atoms with Crippen molar-refractivity contribution in [2.24, 2.45) is 4.99 Å². The van der Waals surface area contributed by atoms with Crippen LogP contribution >= 0.6 is 0 Å². The molecule has 2 heteroatoms. The van der Waals surface area contributed by atoms with Crippen molar-refractivity contribution in [3.63, 3.8) is 0 Å². The standard InChI is InChI=1S/C15H27NO/c1-2-3-4-5-6-7-8-9-10-11-15-14-16-12-13-17-15/h12-15H,2-11H2,1H3. The van der Waals surface area contributed by atoms with Crippen LogP contribution in [0.4, 0.5) is 0 Å². The first-order valence-electron chi connectivity index (χ1n) is 7.27. The van der Waals surface area contributed by atoms with E-state index in [0.29, 0.717) is 0 Å². The molecule has 1 unspecified atom stereocenters. The van der Waals surface area contributed by atoms with E-state index in [2.05, 4.69) is 11.9 Å². The van der Waals surface area contributed by atoms with Crippen LogP contribution in [0.1, 0.15) is 71.1 Å². The summed E-state index contributed by atoms with van der Waals surface area (Å²) in [6.45, 7) is 2.27. The minimum Gasteiger partial charge on any atom is -0.491 e. The second kappa shape index (κ2) is 10.4. The van der Waals surface area contributed by atoms with E-state index < -0.39 is 0 Å². The molecule has 1 rings (SSSR count). The molecule has 0 N–H and O–H groups in total. The Hall–Kier alpha value is -0.790. The quantitative estimate of drug-likeness (QED) is 0.498. The Morgan fingerprint density at radius 3 is 2.18 bits per heavy atom. The van der Waals surface area contributed by atoms with E-state index in [0.717, 1.165) is 6.42 Å². The molecule has 1 aliphatic rings. The van der Waals surface area contributed by atoms with Crippen LogP contribution in [0.25, 0.3) is 0 Å². The molecule has 1 heterocycles. The molecule has 1 aliphatic heterocycles. The Morgan fingerprint density at radius 1 is 0.941 bits per heavy atom. The first-order valence-corrected chi connectivity index (χ1v) is 7.27. The summed E-state index contributed by atoms with van der Waals surface area (Å²) in [5, 5.41) is 0. The molecule has 0 aromatic rings. The number of aliphatic imine (C=N–C) groups is 1. The fourth-order valence-electron chi connectivity index (χ4n) is 2.15. The summed E-state index contributed by atoms with van der Waals surface area (Å²) in [6, 6.07) is 0. The van der Waals surface area contributed by atoms with E-state index in [1.165, 1.54) is 57.8 Å². The minimum absolute atomic E-state index is 0.226. The summed E-state index contributed by atoms with van der Waals surface area (Å²) >= 11 is 0. The van der Waals surface area contributed by atoms with Crippen LogP contribution in [-0.4, -0.2) is 12.3 Å². The molecule has 0 aromatic carbocycles. The zero-order valence-corrected chi connectivity index (χ0v) is 11.2. The van der Waals surface area contributed by atoms with Crippen molar-refractivity contribution in [1.82, 2.24) is 0 Å². The van der Waals surface area contributed by atoms with Crippen LogP contribution in [0.15, 0.2) is 17.5 Å². The number of hydrogen-bond donors (Lipinski definition) is 0. The Labute approximate surface area is 106 Å². The molecular weight excluding hydrogens is 210 g/mol. The van der Waals surface area contributed by atoms with Crippen molar-refractivity contribution in [2.75, 3.05) is 0 Å². The lowest BCUT2D eigenvalue weighted by molar-refractivity contribution is 0.190. The third kappa shape index (κ3) is 8.00. The first kappa shape index (κ1) is 14.3. The predicted octanol–water partition coefficient (Wildman–Crippen LogP) is 4.85. The Bertz CT molecular complexity index is 223. The fraction of sp³-hybridized carbons (Fsp3) is 0.800. The van der Waals surface area contributed by atoms with Gasteiger partial charge in [0.1, 0.15) is 12.4 Å². The molecule has 0 saturated carbocycles. The summed E-state index contributed by atoms with van der Waals surface area (Å²) in [7, 11) is 0. The van der Waals surface area contributed by atoms with Crippen molar-refractivity contribution in [3.8, 4) is 0 Å². The van der Waals surface area contributed by atoms with Gasteiger partial charge in [0.05, 0.1) is 6.20 Å². The summed E-state index contributed by atoms with van der Waals surface area (Å²) in [5.74, 6) is 0. The third-order valence-corrected chi connectivity index (χ3v) is 3.24. The van der Waals surface area contributed by atoms with Crippen LogP contribution in [0, 0.1) is 0 Å². The van der Waals surface area contributed by atoms with Gasteiger partial charge < -0.3 is 4.74 Å². The highest BCUT2D eigenvalue weighted by atomic mass is 16.5. The second-order valence-corrected chi connectivity index (χ2v) is 4.87. The molecule has 0 bridgehead atoms. The Kier molecular flexibility index (Phi) is 8.71. The van der Waals surface area contributed by atoms with Crippen LogP contribution in [0.5, 0.6) is 0 Å². The maximum Gasteiger partial charge on any atom is 0.133 e. The molecule has 98 valence electrons. The fourth-order valence-corrected chi connectivity index (χ4v) is 2.15. The Morgan fingerprint density at radius 2 is 1.59 bits per heavy atom. The number of nitrogens with zero attached hydrogens (tertiary/aromatic N) is 1. The van der Waals surface area contributed by atoms with E-state index in [4.69, 9.17) is 4.74 Å². The SMILES string of the molecule is CCCCCCCCCCCC1C=NC=CO1. The zero-order valence-electron chi connectivity index (χ0n) is 11.2. The second-order valence-electron chi connectivity index (χ2n) is 4.87. The van der Waals surface area contributed by atoms with Gasteiger partial charge in [0, 0.05) is 6.21 Å². The molecule has 0 amide bonds. The molecule has 2 nitrogen and oxygen atoms in total. The lowest BCUT2D eigenvalue weighted by Gasteiger charge is -2.13. The topological polar surface area (TPSA) is 21.6 Å². The first-order chi connectivity index (χ1) is 8.43. The van der Waals surface area contributed by atoms with E-state index in [1.807, 2.05) is 6.21 Å². The van der Waals surface area contributed by atoms with Crippen LogP contribution < -0.4 is 0 Å². The third-order valence-electron chi connectivity index (χ3n) is 3.24. The van der Waals surface area contributed by atoms with Gasteiger partial charge in [-0.1, -0.05) is 58.3 Å². The molecule has 0 radical (unpaired) electrons. The number of rotatable bonds is 10. The van der Waals surface area contributed by atoms with Crippen molar-refractivity contribution in [1.29, 1.82) is 0 Å². The lowest BCUT2D eigenvalue weighted by Crippen LogP contribution is -2.13. The average Bonchev–Trinajstić information content (AvgIpc) is 2.38. The van der Waals surface area contributed by atoms with E-state index in [9.17, 15) is 0 Å². The van der Waals surface area contributed by atoms with Gasteiger partial charge in [-0.25, -0.2) is 0 Å².